The molecule has 1 aromatic carbocycles. The van der Waals surface area contributed by atoms with Crippen LogP contribution in [0, 0.1) is 0 Å². The first-order valence-corrected chi connectivity index (χ1v) is 11.4. The van der Waals surface area contributed by atoms with Crippen molar-refractivity contribution in [3.63, 3.8) is 0 Å². The highest BCUT2D eigenvalue weighted by atomic mass is 35.5. The Hall–Kier alpha value is -1.90. The first-order valence-electron chi connectivity index (χ1n) is 10.2. The lowest BCUT2D eigenvalue weighted by Crippen LogP contribution is -2.57. The lowest BCUT2D eigenvalue weighted by atomic mass is 9.91. The molecule has 29 heavy (non-hydrogen) atoms. The summed E-state index contributed by atoms with van der Waals surface area (Å²) in [4.78, 5) is 3.71. The fourth-order valence-electron chi connectivity index (χ4n) is 4.83. The van der Waals surface area contributed by atoms with Crippen molar-refractivity contribution in [2.75, 3.05) is 24.7 Å². The molecule has 1 saturated heterocycles. The maximum absolute atomic E-state index is 6.72. The zero-order chi connectivity index (χ0) is 19.4. The smallest absolute Gasteiger partial charge is 0.151 e. The molecule has 0 amide bonds. The number of nitrogens with zero attached hydrogens (tertiary/aromatic N) is 2. The van der Waals surface area contributed by atoms with Crippen LogP contribution in [0.5, 0.6) is 0 Å². The van der Waals surface area contributed by atoms with E-state index in [4.69, 9.17) is 16.7 Å². The second-order valence-corrected chi connectivity index (χ2v) is 9.24. The van der Waals surface area contributed by atoms with E-state index in [1.54, 1.807) is 0 Å². The van der Waals surface area contributed by atoms with Crippen LogP contribution in [-0.2, 0) is 6.42 Å². The molecule has 4 heterocycles. The minimum atomic E-state index is 0.0210. The summed E-state index contributed by atoms with van der Waals surface area (Å²) in [5.41, 5.74) is 7.15. The Morgan fingerprint density at radius 2 is 2.03 bits per heavy atom. The van der Waals surface area contributed by atoms with Crippen molar-refractivity contribution in [3.8, 4) is 0 Å². The molecule has 1 aliphatic carbocycles. The Morgan fingerprint density at radius 1 is 1.17 bits per heavy atom. The van der Waals surface area contributed by atoms with Crippen LogP contribution < -0.4 is 26.3 Å². The van der Waals surface area contributed by atoms with E-state index in [1.807, 2.05) is 23.5 Å². The predicted octanol–water partition coefficient (Wildman–Crippen LogP) is 2.62. The maximum atomic E-state index is 6.72. The minimum Gasteiger partial charge on any atom is -0.299 e. The Kier molecular flexibility index (Phi) is 4.39. The molecule has 4 N–H and O–H groups in total. The quantitative estimate of drug-likeness (QED) is 0.594. The van der Waals surface area contributed by atoms with Gasteiger partial charge < -0.3 is 0 Å². The number of thiophene rings is 1. The van der Waals surface area contributed by atoms with E-state index in [0.29, 0.717) is 6.67 Å². The number of rotatable bonds is 2. The second-order valence-electron chi connectivity index (χ2n) is 7.80. The van der Waals surface area contributed by atoms with E-state index >= 15 is 0 Å². The number of hydrogen-bond acceptors (Lipinski definition) is 7. The summed E-state index contributed by atoms with van der Waals surface area (Å²) in [5.74, 6) is 1.04. The molecule has 1 aromatic heterocycles. The van der Waals surface area contributed by atoms with Gasteiger partial charge in [-0.25, -0.2) is 0 Å². The van der Waals surface area contributed by atoms with Crippen LogP contribution >= 0.6 is 22.9 Å². The molecule has 0 spiro atoms. The summed E-state index contributed by atoms with van der Waals surface area (Å²) in [6.45, 7) is 2.62. The molecule has 0 bridgehead atoms. The van der Waals surface area contributed by atoms with Crippen molar-refractivity contribution in [2.24, 2.45) is 5.10 Å². The first-order chi connectivity index (χ1) is 14.3. The molecule has 2 unspecified atom stereocenters. The van der Waals surface area contributed by atoms with E-state index in [-0.39, 0.29) is 18.2 Å². The molecule has 6 nitrogen and oxygen atoms in total. The highest BCUT2D eigenvalue weighted by Gasteiger charge is 2.43. The Balaban J connectivity index is 1.56. The number of hydrogen-bond donors (Lipinski definition) is 4. The Morgan fingerprint density at radius 3 is 2.90 bits per heavy atom. The molecule has 2 aromatic rings. The largest absolute Gasteiger partial charge is 0.299 e. The fraction of sp³-hybridized carbons (Fsp3) is 0.381. The molecule has 0 saturated carbocycles. The standard InChI is InChI=1S/C21H23ClN6S/c22-14-7-3-1-5-12(14)17-16-13-6-2-4-8-15(13)29-21(16)28-11-25-27-20(28)18(26-17)19-23-9-10-24-19/h1,3-5,7-8,17-19,23-26H,2,6,9-11H2. The third-order valence-electron chi connectivity index (χ3n) is 6.15. The van der Waals surface area contributed by atoms with Crippen molar-refractivity contribution in [1.29, 1.82) is 0 Å². The molecule has 4 aliphatic rings. The topological polar surface area (TPSA) is 63.7 Å². The summed E-state index contributed by atoms with van der Waals surface area (Å²) >= 11 is 8.59. The third-order valence-corrected chi connectivity index (χ3v) is 7.73. The van der Waals surface area contributed by atoms with Gasteiger partial charge in [0.2, 0.25) is 0 Å². The van der Waals surface area contributed by atoms with Gasteiger partial charge in [-0.2, -0.15) is 5.10 Å². The first kappa shape index (κ1) is 17.9. The molecule has 6 rings (SSSR count). The van der Waals surface area contributed by atoms with E-state index in [2.05, 4.69) is 50.6 Å². The molecule has 8 heteroatoms. The van der Waals surface area contributed by atoms with Gasteiger partial charge in [0.15, 0.2) is 5.84 Å². The number of amidine groups is 1. The highest BCUT2D eigenvalue weighted by Crippen LogP contribution is 2.47. The number of anilines is 1. The van der Waals surface area contributed by atoms with Crippen molar-refractivity contribution in [2.45, 2.75) is 31.1 Å². The van der Waals surface area contributed by atoms with Crippen LogP contribution in [0.2, 0.25) is 5.02 Å². The number of hydrazone groups is 1. The summed E-state index contributed by atoms with van der Waals surface area (Å²) in [6.07, 6.45) is 6.84. The molecule has 1 fully saturated rings. The van der Waals surface area contributed by atoms with Crippen LogP contribution in [-0.4, -0.2) is 37.8 Å². The summed E-state index contributed by atoms with van der Waals surface area (Å²) < 4.78 is 0. The van der Waals surface area contributed by atoms with Gasteiger partial charge in [0.1, 0.15) is 11.7 Å². The van der Waals surface area contributed by atoms with Gasteiger partial charge in [0, 0.05) is 28.6 Å². The number of benzene rings is 1. The predicted molar refractivity (Wildman–Crippen MR) is 120 cm³/mol. The summed E-state index contributed by atoms with van der Waals surface area (Å²) in [6, 6.07) is 8.27. The Labute approximate surface area is 179 Å². The van der Waals surface area contributed by atoms with Gasteiger partial charge in [-0.3, -0.25) is 26.3 Å². The number of halogens is 1. The summed E-state index contributed by atoms with van der Waals surface area (Å²) in [7, 11) is 0. The number of fused-ring (bicyclic) bond motifs is 5. The van der Waals surface area contributed by atoms with Gasteiger partial charge in [0.25, 0.3) is 0 Å². The average molecular weight is 427 g/mol. The highest BCUT2D eigenvalue weighted by molar-refractivity contribution is 7.17. The van der Waals surface area contributed by atoms with E-state index < -0.39 is 0 Å². The second kappa shape index (κ2) is 7.11. The number of allylic oxidation sites excluding steroid dienone is 1. The van der Waals surface area contributed by atoms with Gasteiger partial charge in [0.05, 0.1) is 18.2 Å². The van der Waals surface area contributed by atoms with Crippen LogP contribution in [0.4, 0.5) is 5.00 Å². The summed E-state index contributed by atoms with van der Waals surface area (Å²) in [5, 5.41) is 17.9. The normalized spacial score (nSPS) is 25.8. The lowest BCUT2D eigenvalue weighted by molar-refractivity contribution is 0.425. The Bertz CT molecular complexity index is 1010. The van der Waals surface area contributed by atoms with E-state index in [9.17, 15) is 0 Å². The van der Waals surface area contributed by atoms with Crippen LogP contribution in [0.3, 0.4) is 0 Å². The lowest BCUT2D eigenvalue weighted by Gasteiger charge is -2.29. The minimum absolute atomic E-state index is 0.0210. The average Bonchev–Trinajstić information content (AvgIpc) is 3.48. The molecular weight excluding hydrogens is 404 g/mol. The molecule has 150 valence electrons. The van der Waals surface area contributed by atoms with Crippen LogP contribution in [0.15, 0.2) is 35.4 Å². The zero-order valence-electron chi connectivity index (χ0n) is 15.9. The van der Waals surface area contributed by atoms with Crippen molar-refractivity contribution >= 4 is 39.9 Å². The van der Waals surface area contributed by atoms with E-state index in [1.165, 1.54) is 21.0 Å². The van der Waals surface area contributed by atoms with Gasteiger partial charge in [-0.05, 0) is 36.1 Å². The molecule has 3 aliphatic heterocycles. The molecule has 0 radical (unpaired) electrons. The molecular formula is C21H23ClN6S. The number of nitrogens with one attached hydrogen (secondary N) is 4. The van der Waals surface area contributed by atoms with Crippen LogP contribution in [0.25, 0.3) is 6.08 Å². The zero-order valence-corrected chi connectivity index (χ0v) is 17.5. The van der Waals surface area contributed by atoms with Crippen molar-refractivity contribution in [1.82, 2.24) is 21.4 Å². The maximum Gasteiger partial charge on any atom is 0.151 e. The van der Waals surface area contributed by atoms with Gasteiger partial charge >= 0.3 is 0 Å². The van der Waals surface area contributed by atoms with E-state index in [0.717, 1.165) is 42.4 Å². The fourth-order valence-corrected chi connectivity index (χ4v) is 6.41. The third kappa shape index (κ3) is 2.84. The van der Waals surface area contributed by atoms with Crippen molar-refractivity contribution in [3.05, 3.63) is 56.9 Å². The SMILES string of the molecule is Clc1ccccc1C1NC(C2NCCN2)C2=NNCN2c2sc3c(c21)CCC=C3. The van der Waals surface area contributed by atoms with Crippen molar-refractivity contribution < 1.29 is 0 Å². The van der Waals surface area contributed by atoms with Gasteiger partial charge in [-0.1, -0.05) is 35.9 Å². The van der Waals surface area contributed by atoms with Gasteiger partial charge in [-0.15, -0.1) is 11.3 Å². The van der Waals surface area contributed by atoms with Crippen LogP contribution in [0.1, 0.15) is 34.0 Å². The monoisotopic (exact) mass is 426 g/mol. The molecule has 2 atom stereocenters.